The summed E-state index contributed by atoms with van der Waals surface area (Å²) in [5, 5.41) is 0. The predicted octanol–water partition coefficient (Wildman–Crippen LogP) is 1.51. The molecule has 0 saturated heterocycles. The van der Waals surface area contributed by atoms with Gasteiger partial charge in [-0.2, -0.15) is 0 Å². The monoisotopic (exact) mass is 192 g/mol. The Labute approximate surface area is 80.7 Å². The maximum absolute atomic E-state index is 11.0. The lowest BCUT2D eigenvalue weighted by Crippen LogP contribution is -2.19. The van der Waals surface area contributed by atoms with E-state index in [1.54, 1.807) is 25.3 Å². The molecule has 0 aromatic heterocycles. The summed E-state index contributed by atoms with van der Waals surface area (Å²) >= 11 is 0. The fourth-order valence-corrected chi connectivity index (χ4v) is 1.11. The zero-order chi connectivity index (χ0) is 10.1. The third-order valence-corrected chi connectivity index (χ3v) is 1.81. The van der Waals surface area contributed by atoms with Crippen molar-refractivity contribution in [2.75, 3.05) is 7.11 Å². The summed E-state index contributed by atoms with van der Waals surface area (Å²) < 4.78 is 15.1. The second-order valence-electron chi connectivity index (χ2n) is 2.73. The van der Waals surface area contributed by atoms with Gasteiger partial charge < -0.3 is 14.2 Å². The van der Waals surface area contributed by atoms with Crippen molar-refractivity contribution >= 4 is 5.97 Å². The Kier molecular flexibility index (Phi) is 1.89. The van der Waals surface area contributed by atoms with E-state index in [0.717, 1.165) is 0 Å². The summed E-state index contributed by atoms with van der Waals surface area (Å²) in [6.45, 7) is 3.41. The Balaban J connectivity index is 2.42. The predicted molar refractivity (Wildman–Crippen MR) is 48.4 cm³/mol. The molecule has 0 atom stereocenters. The molecule has 0 aliphatic carbocycles. The first-order valence-electron chi connectivity index (χ1n) is 3.97. The summed E-state index contributed by atoms with van der Waals surface area (Å²) in [6, 6.07) is 4.93. The average Bonchev–Trinajstić information content (AvgIpc) is 2.19. The lowest BCUT2D eigenvalue weighted by atomic mass is 10.3. The molecule has 0 spiro atoms. The van der Waals surface area contributed by atoms with Crippen molar-refractivity contribution in [2.24, 2.45) is 0 Å². The summed E-state index contributed by atoms with van der Waals surface area (Å²) in [7, 11) is 1.55. The molecule has 2 rings (SSSR count). The Morgan fingerprint density at radius 3 is 2.79 bits per heavy atom. The van der Waals surface area contributed by atoms with E-state index in [-0.39, 0.29) is 5.76 Å². The third-order valence-electron chi connectivity index (χ3n) is 1.81. The summed E-state index contributed by atoms with van der Waals surface area (Å²) in [5.74, 6) is 0.861. The van der Waals surface area contributed by atoms with Gasteiger partial charge in [0.05, 0.1) is 7.11 Å². The molecule has 0 amide bonds. The van der Waals surface area contributed by atoms with Crippen LogP contribution in [0.1, 0.15) is 0 Å². The second-order valence-corrected chi connectivity index (χ2v) is 2.73. The minimum absolute atomic E-state index is 0.0225. The highest BCUT2D eigenvalue weighted by Gasteiger charge is 2.22. The summed E-state index contributed by atoms with van der Waals surface area (Å²) in [4.78, 5) is 11.0. The molecular weight excluding hydrogens is 184 g/mol. The quantitative estimate of drug-likeness (QED) is 0.384. The molecule has 0 fully saturated rings. The smallest absolute Gasteiger partial charge is 0.379 e. The van der Waals surface area contributed by atoms with Crippen LogP contribution in [0.3, 0.4) is 0 Å². The highest BCUT2D eigenvalue weighted by molar-refractivity contribution is 5.90. The number of methoxy groups -OCH3 is 1. The van der Waals surface area contributed by atoms with Crippen LogP contribution in [0.25, 0.3) is 0 Å². The SMILES string of the molecule is C=C1Oc2cc(OC)ccc2OC1=O. The van der Waals surface area contributed by atoms with Crippen molar-refractivity contribution in [3.63, 3.8) is 0 Å². The zero-order valence-electron chi connectivity index (χ0n) is 7.57. The molecule has 1 heterocycles. The number of esters is 1. The number of fused-ring (bicyclic) bond motifs is 1. The van der Waals surface area contributed by atoms with E-state index in [9.17, 15) is 4.79 Å². The van der Waals surface area contributed by atoms with E-state index in [2.05, 4.69) is 6.58 Å². The molecule has 1 aliphatic heterocycles. The van der Waals surface area contributed by atoms with Gasteiger partial charge in [-0.1, -0.05) is 0 Å². The van der Waals surface area contributed by atoms with Crippen LogP contribution in [0, 0.1) is 0 Å². The lowest BCUT2D eigenvalue weighted by molar-refractivity contribution is -0.134. The van der Waals surface area contributed by atoms with Crippen LogP contribution in [-0.2, 0) is 4.79 Å². The average molecular weight is 192 g/mol. The van der Waals surface area contributed by atoms with Crippen LogP contribution in [-0.4, -0.2) is 13.1 Å². The van der Waals surface area contributed by atoms with Crippen LogP contribution in [0.4, 0.5) is 0 Å². The largest absolute Gasteiger partial charge is 0.497 e. The van der Waals surface area contributed by atoms with E-state index >= 15 is 0 Å². The van der Waals surface area contributed by atoms with Crippen molar-refractivity contribution in [1.29, 1.82) is 0 Å². The first-order valence-corrected chi connectivity index (χ1v) is 3.97. The van der Waals surface area contributed by atoms with Gasteiger partial charge in [-0.05, 0) is 18.7 Å². The molecule has 4 heteroatoms. The van der Waals surface area contributed by atoms with E-state index < -0.39 is 5.97 Å². The third kappa shape index (κ3) is 1.31. The number of ether oxygens (including phenoxy) is 3. The van der Waals surface area contributed by atoms with Crippen molar-refractivity contribution in [3.8, 4) is 17.2 Å². The van der Waals surface area contributed by atoms with Gasteiger partial charge in [-0.15, -0.1) is 0 Å². The van der Waals surface area contributed by atoms with Crippen LogP contribution in [0.15, 0.2) is 30.5 Å². The van der Waals surface area contributed by atoms with E-state index in [0.29, 0.717) is 17.2 Å². The molecule has 1 aromatic rings. The number of benzene rings is 1. The number of hydrogen-bond acceptors (Lipinski definition) is 4. The van der Waals surface area contributed by atoms with E-state index in [1.807, 2.05) is 0 Å². The molecule has 0 radical (unpaired) electrons. The minimum atomic E-state index is -0.567. The van der Waals surface area contributed by atoms with Crippen molar-refractivity contribution in [2.45, 2.75) is 0 Å². The van der Waals surface area contributed by atoms with Gasteiger partial charge in [-0.25, -0.2) is 4.79 Å². The van der Waals surface area contributed by atoms with Gasteiger partial charge >= 0.3 is 5.97 Å². The number of carbonyl (C=O) groups excluding carboxylic acids is 1. The highest BCUT2D eigenvalue weighted by atomic mass is 16.6. The standard InChI is InChI=1S/C10H8O4/c1-6-10(11)14-8-4-3-7(12-2)5-9(8)13-6/h3-5H,1H2,2H3. The van der Waals surface area contributed by atoms with Gasteiger partial charge in [0.1, 0.15) is 5.75 Å². The van der Waals surface area contributed by atoms with Crippen LogP contribution in [0.2, 0.25) is 0 Å². The maximum atomic E-state index is 11.0. The Morgan fingerprint density at radius 2 is 2.07 bits per heavy atom. The minimum Gasteiger partial charge on any atom is -0.497 e. The van der Waals surface area contributed by atoms with E-state index in [4.69, 9.17) is 14.2 Å². The first kappa shape index (κ1) is 8.62. The lowest BCUT2D eigenvalue weighted by Gasteiger charge is -2.17. The summed E-state index contributed by atoms with van der Waals surface area (Å²) in [6.07, 6.45) is 0. The molecule has 0 bridgehead atoms. The number of rotatable bonds is 1. The normalized spacial score (nSPS) is 14.1. The van der Waals surface area contributed by atoms with Crippen molar-refractivity contribution < 1.29 is 19.0 Å². The van der Waals surface area contributed by atoms with Gasteiger partial charge in [0.2, 0.25) is 5.76 Å². The fraction of sp³-hybridized carbons (Fsp3) is 0.100. The fourth-order valence-electron chi connectivity index (χ4n) is 1.11. The summed E-state index contributed by atoms with van der Waals surface area (Å²) in [5.41, 5.74) is 0. The highest BCUT2D eigenvalue weighted by Crippen LogP contribution is 2.35. The van der Waals surface area contributed by atoms with Gasteiger partial charge in [0.15, 0.2) is 11.5 Å². The molecule has 1 aliphatic rings. The Hall–Kier alpha value is -1.97. The van der Waals surface area contributed by atoms with Gasteiger partial charge in [-0.3, -0.25) is 0 Å². The number of carbonyl (C=O) groups is 1. The molecule has 0 N–H and O–H groups in total. The Morgan fingerprint density at radius 1 is 1.29 bits per heavy atom. The van der Waals surface area contributed by atoms with Crippen molar-refractivity contribution in [1.82, 2.24) is 0 Å². The topological polar surface area (TPSA) is 44.8 Å². The molecule has 1 aromatic carbocycles. The van der Waals surface area contributed by atoms with E-state index in [1.165, 1.54) is 0 Å². The maximum Gasteiger partial charge on any atom is 0.379 e. The Bertz CT molecular complexity index is 409. The second kappa shape index (κ2) is 3.06. The van der Waals surface area contributed by atoms with Gasteiger partial charge in [0.25, 0.3) is 0 Å². The van der Waals surface area contributed by atoms with Crippen LogP contribution >= 0.6 is 0 Å². The zero-order valence-corrected chi connectivity index (χ0v) is 7.57. The molecular formula is C10H8O4. The molecule has 4 nitrogen and oxygen atoms in total. The van der Waals surface area contributed by atoms with Crippen LogP contribution < -0.4 is 14.2 Å². The first-order chi connectivity index (χ1) is 6.70. The van der Waals surface area contributed by atoms with Gasteiger partial charge in [0, 0.05) is 6.07 Å². The molecule has 72 valence electrons. The molecule has 14 heavy (non-hydrogen) atoms. The molecule has 0 saturated carbocycles. The van der Waals surface area contributed by atoms with Crippen molar-refractivity contribution in [3.05, 3.63) is 30.5 Å². The van der Waals surface area contributed by atoms with Crippen LogP contribution in [0.5, 0.6) is 17.2 Å². The number of hydrogen-bond donors (Lipinski definition) is 0. The molecule has 0 unspecified atom stereocenters.